The van der Waals surface area contributed by atoms with Crippen molar-refractivity contribution in [1.82, 2.24) is 20.4 Å². The van der Waals surface area contributed by atoms with Crippen molar-refractivity contribution in [2.45, 2.75) is 33.7 Å². The molecule has 0 spiro atoms. The predicted molar refractivity (Wildman–Crippen MR) is 112 cm³/mol. The van der Waals surface area contributed by atoms with Crippen LogP contribution in [0.1, 0.15) is 46.0 Å². The van der Waals surface area contributed by atoms with Crippen LogP contribution in [0.25, 0.3) is 22.3 Å². The van der Waals surface area contributed by atoms with E-state index in [1.54, 1.807) is 0 Å². The van der Waals surface area contributed by atoms with Crippen LogP contribution in [0, 0.1) is 20.8 Å². The number of carbonyl (C=O) groups is 1. The predicted octanol–water partition coefficient (Wildman–Crippen LogP) is 4.70. The molecule has 6 nitrogen and oxygen atoms in total. The Balaban J connectivity index is 1.57. The molecule has 1 N–H and O–H groups in total. The molecule has 0 aliphatic carbocycles. The number of pyridine rings is 1. The van der Waals surface area contributed by atoms with Crippen LogP contribution in [0.5, 0.6) is 0 Å². The number of aryl methyl sites for hydroxylation is 3. The van der Waals surface area contributed by atoms with E-state index < -0.39 is 6.04 Å². The van der Waals surface area contributed by atoms with E-state index in [-0.39, 0.29) is 5.91 Å². The summed E-state index contributed by atoms with van der Waals surface area (Å²) in [6.07, 6.45) is 0. The Labute approximate surface area is 169 Å². The molecule has 29 heavy (non-hydrogen) atoms. The molecule has 2 heterocycles. The van der Waals surface area contributed by atoms with Crippen LogP contribution in [-0.4, -0.2) is 21.0 Å². The topological polar surface area (TPSA) is 80.9 Å². The molecule has 2 aromatic carbocycles. The van der Waals surface area contributed by atoms with Gasteiger partial charge in [0.25, 0.3) is 5.91 Å². The number of rotatable bonds is 4. The molecular formula is C23H22N4O2. The summed E-state index contributed by atoms with van der Waals surface area (Å²) in [5.74, 6) is 0.652. The minimum absolute atomic E-state index is 0.221. The third kappa shape index (κ3) is 3.61. The van der Waals surface area contributed by atoms with E-state index in [0.717, 1.165) is 27.6 Å². The van der Waals surface area contributed by atoms with E-state index in [2.05, 4.69) is 20.4 Å². The number of benzene rings is 2. The number of nitrogens with one attached hydrogen (secondary N) is 1. The van der Waals surface area contributed by atoms with Crippen molar-refractivity contribution in [3.8, 4) is 11.4 Å². The molecule has 0 fully saturated rings. The second-order valence-electron chi connectivity index (χ2n) is 7.23. The molecule has 0 unspecified atom stereocenters. The maximum atomic E-state index is 12.9. The monoisotopic (exact) mass is 386 g/mol. The standard InChI is InChI=1S/C23H22N4O2/c1-13-8-5-6-11-18(13)21-26-23(29-27-21)16(4)25-22(28)19-12-17-10-7-9-14(2)20(17)24-15(19)3/h5-12,16H,1-4H3,(H,25,28)/t16-/m1/s1. The van der Waals surface area contributed by atoms with Crippen LogP contribution in [0.2, 0.25) is 0 Å². The lowest BCUT2D eigenvalue weighted by Gasteiger charge is -2.12. The Morgan fingerprint density at radius 1 is 1.00 bits per heavy atom. The fourth-order valence-electron chi connectivity index (χ4n) is 3.35. The van der Waals surface area contributed by atoms with Crippen LogP contribution in [0.4, 0.5) is 0 Å². The summed E-state index contributed by atoms with van der Waals surface area (Å²) < 4.78 is 5.40. The number of amides is 1. The summed E-state index contributed by atoms with van der Waals surface area (Å²) in [7, 11) is 0. The van der Waals surface area contributed by atoms with Crippen molar-refractivity contribution in [3.05, 3.63) is 76.8 Å². The molecule has 146 valence electrons. The molecule has 2 aromatic heterocycles. The van der Waals surface area contributed by atoms with Gasteiger partial charge in [-0.2, -0.15) is 4.98 Å². The third-order valence-corrected chi connectivity index (χ3v) is 5.03. The van der Waals surface area contributed by atoms with Gasteiger partial charge in [-0.25, -0.2) is 0 Å². The Hall–Kier alpha value is -3.54. The van der Waals surface area contributed by atoms with Crippen molar-refractivity contribution in [1.29, 1.82) is 0 Å². The molecule has 4 aromatic rings. The van der Waals surface area contributed by atoms with Gasteiger partial charge >= 0.3 is 0 Å². The lowest BCUT2D eigenvalue weighted by atomic mass is 10.1. The Morgan fingerprint density at radius 3 is 2.55 bits per heavy atom. The molecular weight excluding hydrogens is 364 g/mol. The minimum atomic E-state index is -0.430. The van der Waals surface area contributed by atoms with Crippen molar-refractivity contribution < 1.29 is 9.32 Å². The first-order valence-electron chi connectivity index (χ1n) is 9.51. The largest absolute Gasteiger partial charge is 0.340 e. The van der Waals surface area contributed by atoms with E-state index in [1.165, 1.54) is 0 Å². The molecule has 0 saturated carbocycles. The summed E-state index contributed by atoms with van der Waals surface area (Å²) >= 11 is 0. The zero-order valence-electron chi connectivity index (χ0n) is 16.9. The van der Waals surface area contributed by atoms with Gasteiger partial charge in [0.15, 0.2) is 0 Å². The lowest BCUT2D eigenvalue weighted by Crippen LogP contribution is -2.27. The van der Waals surface area contributed by atoms with Crippen LogP contribution < -0.4 is 5.32 Å². The maximum absolute atomic E-state index is 12.9. The van der Waals surface area contributed by atoms with Crippen molar-refractivity contribution in [3.63, 3.8) is 0 Å². The van der Waals surface area contributed by atoms with Gasteiger partial charge in [0.1, 0.15) is 6.04 Å². The first kappa shape index (κ1) is 18.8. The number of nitrogens with zero attached hydrogens (tertiary/aromatic N) is 3. The quantitative estimate of drug-likeness (QED) is 0.550. The molecule has 0 aliphatic heterocycles. The van der Waals surface area contributed by atoms with Gasteiger partial charge in [-0.3, -0.25) is 9.78 Å². The molecule has 4 rings (SSSR count). The molecule has 0 saturated heterocycles. The van der Waals surface area contributed by atoms with E-state index in [9.17, 15) is 4.79 Å². The van der Waals surface area contributed by atoms with E-state index >= 15 is 0 Å². The fourth-order valence-corrected chi connectivity index (χ4v) is 3.35. The second-order valence-corrected chi connectivity index (χ2v) is 7.23. The normalized spacial score (nSPS) is 12.1. The average molecular weight is 386 g/mol. The van der Waals surface area contributed by atoms with Gasteiger partial charge in [0, 0.05) is 10.9 Å². The first-order valence-corrected chi connectivity index (χ1v) is 9.51. The van der Waals surface area contributed by atoms with Crippen molar-refractivity contribution in [2.24, 2.45) is 0 Å². The zero-order valence-corrected chi connectivity index (χ0v) is 16.9. The highest BCUT2D eigenvalue weighted by Gasteiger charge is 2.20. The fraction of sp³-hybridized carbons (Fsp3) is 0.217. The summed E-state index contributed by atoms with van der Waals surface area (Å²) in [4.78, 5) is 21.9. The number of aromatic nitrogens is 3. The summed E-state index contributed by atoms with van der Waals surface area (Å²) in [5, 5.41) is 7.94. The molecule has 0 radical (unpaired) electrons. The van der Waals surface area contributed by atoms with E-state index in [0.29, 0.717) is 23.0 Å². The van der Waals surface area contributed by atoms with Gasteiger partial charge in [-0.05, 0) is 44.9 Å². The smallest absolute Gasteiger partial charge is 0.253 e. The summed E-state index contributed by atoms with van der Waals surface area (Å²) in [6, 6.07) is 15.2. The molecule has 0 aliphatic rings. The van der Waals surface area contributed by atoms with E-state index in [1.807, 2.05) is 76.2 Å². The highest BCUT2D eigenvalue weighted by molar-refractivity contribution is 5.99. The summed E-state index contributed by atoms with van der Waals surface area (Å²) in [5.41, 5.74) is 5.18. The third-order valence-electron chi connectivity index (χ3n) is 5.03. The number of hydrogen-bond acceptors (Lipinski definition) is 5. The minimum Gasteiger partial charge on any atom is -0.340 e. The number of hydrogen-bond donors (Lipinski definition) is 1. The zero-order chi connectivity index (χ0) is 20.5. The van der Waals surface area contributed by atoms with Crippen LogP contribution >= 0.6 is 0 Å². The van der Waals surface area contributed by atoms with Crippen molar-refractivity contribution in [2.75, 3.05) is 0 Å². The van der Waals surface area contributed by atoms with Crippen LogP contribution in [-0.2, 0) is 0 Å². The number of para-hydroxylation sites is 1. The van der Waals surface area contributed by atoms with Gasteiger partial charge in [0.2, 0.25) is 11.7 Å². The number of fused-ring (bicyclic) bond motifs is 1. The molecule has 6 heteroatoms. The Kier molecular flexibility index (Phi) is 4.84. The SMILES string of the molecule is Cc1ccccc1-c1noc([C@@H](C)NC(=O)c2cc3cccc(C)c3nc2C)n1. The average Bonchev–Trinajstić information content (AvgIpc) is 3.18. The van der Waals surface area contributed by atoms with Crippen LogP contribution in [0.15, 0.2) is 53.1 Å². The van der Waals surface area contributed by atoms with Gasteiger partial charge in [-0.15, -0.1) is 0 Å². The highest BCUT2D eigenvalue weighted by atomic mass is 16.5. The molecule has 1 atom stereocenters. The Morgan fingerprint density at radius 2 is 1.76 bits per heavy atom. The second kappa shape index (κ2) is 7.47. The highest BCUT2D eigenvalue weighted by Crippen LogP contribution is 2.23. The van der Waals surface area contributed by atoms with E-state index in [4.69, 9.17) is 4.52 Å². The first-order chi connectivity index (χ1) is 13.9. The summed E-state index contributed by atoms with van der Waals surface area (Å²) in [6.45, 7) is 7.67. The number of carbonyl (C=O) groups excluding carboxylic acids is 1. The molecule has 1 amide bonds. The van der Waals surface area contributed by atoms with Gasteiger partial charge in [0.05, 0.1) is 16.8 Å². The lowest BCUT2D eigenvalue weighted by molar-refractivity contribution is 0.0931. The van der Waals surface area contributed by atoms with Gasteiger partial charge < -0.3 is 9.84 Å². The van der Waals surface area contributed by atoms with Crippen molar-refractivity contribution >= 4 is 16.8 Å². The van der Waals surface area contributed by atoms with Crippen LogP contribution in [0.3, 0.4) is 0 Å². The van der Waals surface area contributed by atoms with Gasteiger partial charge in [-0.1, -0.05) is 47.6 Å². The maximum Gasteiger partial charge on any atom is 0.253 e. The molecule has 0 bridgehead atoms. The Bertz CT molecular complexity index is 1210.